The zero-order chi connectivity index (χ0) is 23.5. The first-order valence-electron chi connectivity index (χ1n) is 10.6. The van der Waals surface area contributed by atoms with Gasteiger partial charge in [0.2, 0.25) is 0 Å². The molecule has 1 aromatic heterocycles. The maximum Gasteiger partial charge on any atom is 0.271 e. The number of thiazole rings is 1. The normalized spacial score (nSPS) is 15.1. The van der Waals surface area contributed by atoms with E-state index in [2.05, 4.69) is 5.92 Å². The number of terminal acetylenes is 1. The fourth-order valence-electron chi connectivity index (χ4n) is 3.79. The first-order valence-corrected chi connectivity index (χ1v) is 11.8. The van der Waals surface area contributed by atoms with Crippen LogP contribution in [0.4, 0.5) is 0 Å². The van der Waals surface area contributed by atoms with Crippen LogP contribution in [-0.4, -0.2) is 11.2 Å². The lowest BCUT2D eigenvalue weighted by atomic mass is 10.0. The van der Waals surface area contributed by atoms with Crippen LogP contribution in [0.25, 0.3) is 11.8 Å². The summed E-state index contributed by atoms with van der Waals surface area (Å²) in [5.41, 5.74) is 3.61. The molecular formula is C28H19ClN2O2S. The fraction of sp³-hybridized carbons (Fsp3) is 0.0714. The van der Waals surface area contributed by atoms with E-state index in [1.807, 2.05) is 91.0 Å². The first-order chi connectivity index (χ1) is 16.6. The Hall–Kier alpha value is -3.85. The molecule has 4 nitrogen and oxygen atoms in total. The Bertz CT molecular complexity index is 1580. The molecule has 4 aromatic rings. The van der Waals surface area contributed by atoms with Crippen molar-refractivity contribution >= 4 is 34.7 Å². The van der Waals surface area contributed by atoms with Gasteiger partial charge < -0.3 is 4.74 Å². The molecule has 3 aromatic carbocycles. The van der Waals surface area contributed by atoms with Crippen molar-refractivity contribution in [2.45, 2.75) is 6.04 Å². The van der Waals surface area contributed by atoms with E-state index in [1.54, 1.807) is 4.57 Å². The molecule has 6 heteroatoms. The van der Waals surface area contributed by atoms with Crippen molar-refractivity contribution in [1.29, 1.82) is 0 Å². The monoisotopic (exact) mass is 482 g/mol. The lowest BCUT2D eigenvalue weighted by Gasteiger charge is -2.19. The molecule has 0 saturated carbocycles. The number of hydrogen-bond donors (Lipinski definition) is 0. The van der Waals surface area contributed by atoms with Crippen molar-refractivity contribution in [3.8, 4) is 18.1 Å². The summed E-state index contributed by atoms with van der Waals surface area (Å²) in [6, 6.07) is 24.7. The van der Waals surface area contributed by atoms with Gasteiger partial charge in [-0.2, -0.15) is 0 Å². The average molecular weight is 483 g/mol. The van der Waals surface area contributed by atoms with Crippen LogP contribution in [0.5, 0.6) is 5.75 Å². The summed E-state index contributed by atoms with van der Waals surface area (Å²) in [4.78, 5) is 19.0. The van der Waals surface area contributed by atoms with Crippen molar-refractivity contribution in [2.75, 3.05) is 6.61 Å². The fourth-order valence-corrected chi connectivity index (χ4v) is 4.93. The molecular weight excluding hydrogens is 464 g/mol. The second kappa shape index (κ2) is 9.56. The van der Waals surface area contributed by atoms with Gasteiger partial charge in [0.25, 0.3) is 5.56 Å². The third-order valence-electron chi connectivity index (χ3n) is 5.43. The largest absolute Gasteiger partial charge is 0.481 e. The van der Waals surface area contributed by atoms with Crippen molar-refractivity contribution in [2.24, 2.45) is 4.99 Å². The van der Waals surface area contributed by atoms with Crippen molar-refractivity contribution in [1.82, 2.24) is 4.57 Å². The Balaban J connectivity index is 1.63. The number of nitrogens with zero attached hydrogens (tertiary/aromatic N) is 2. The molecule has 0 aliphatic carbocycles. The average Bonchev–Trinajstić information content (AvgIpc) is 3.19. The van der Waals surface area contributed by atoms with Gasteiger partial charge in [-0.1, -0.05) is 83.5 Å². The smallest absolute Gasteiger partial charge is 0.271 e. The highest BCUT2D eigenvalue weighted by Gasteiger charge is 2.22. The molecule has 1 unspecified atom stereocenters. The lowest BCUT2D eigenvalue weighted by Crippen LogP contribution is -2.36. The Kier molecular flexibility index (Phi) is 6.18. The summed E-state index contributed by atoms with van der Waals surface area (Å²) in [6.07, 6.45) is 9.15. The molecule has 5 rings (SSSR count). The topological polar surface area (TPSA) is 43.6 Å². The van der Waals surface area contributed by atoms with E-state index >= 15 is 0 Å². The Morgan fingerprint density at radius 1 is 1.06 bits per heavy atom. The number of aromatic nitrogens is 1. The molecule has 0 bridgehead atoms. The maximum atomic E-state index is 13.5. The van der Waals surface area contributed by atoms with E-state index in [0.29, 0.717) is 20.1 Å². The number of hydrogen-bond acceptors (Lipinski definition) is 4. The number of rotatable bonds is 5. The molecule has 2 heterocycles. The van der Waals surface area contributed by atoms with Crippen molar-refractivity contribution < 1.29 is 4.74 Å². The van der Waals surface area contributed by atoms with Gasteiger partial charge in [-0.25, -0.2) is 4.99 Å². The van der Waals surface area contributed by atoms with Crippen LogP contribution < -0.4 is 19.6 Å². The summed E-state index contributed by atoms with van der Waals surface area (Å²) < 4.78 is 7.79. The van der Waals surface area contributed by atoms with Crippen LogP contribution >= 0.6 is 22.9 Å². The molecule has 0 radical (unpaired) electrons. The minimum absolute atomic E-state index is 0.0836. The van der Waals surface area contributed by atoms with Crippen LogP contribution in [0.2, 0.25) is 5.02 Å². The molecule has 1 atom stereocenters. The van der Waals surface area contributed by atoms with Gasteiger partial charge in [0.05, 0.1) is 16.3 Å². The summed E-state index contributed by atoms with van der Waals surface area (Å²) >= 11 is 7.49. The van der Waals surface area contributed by atoms with E-state index in [-0.39, 0.29) is 18.2 Å². The van der Waals surface area contributed by atoms with Gasteiger partial charge in [0, 0.05) is 5.02 Å². The van der Waals surface area contributed by atoms with E-state index in [1.165, 1.54) is 11.3 Å². The number of allylic oxidation sites excluding steroid dienone is 1. The molecule has 1 aliphatic rings. The molecule has 34 heavy (non-hydrogen) atoms. The molecule has 0 amide bonds. The lowest BCUT2D eigenvalue weighted by molar-refractivity contribution is 0.370. The van der Waals surface area contributed by atoms with Crippen molar-refractivity contribution in [3.63, 3.8) is 0 Å². The summed E-state index contributed by atoms with van der Waals surface area (Å²) in [5, 5.41) is 0.651. The van der Waals surface area contributed by atoms with Crippen LogP contribution in [0.3, 0.4) is 0 Å². The molecule has 166 valence electrons. The predicted octanol–water partition coefficient (Wildman–Crippen LogP) is 4.67. The molecule has 0 N–H and O–H groups in total. The van der Waals surface area contributed by atoms with Gasteiger partial charge in [-0.15, -0.1) is 6.42 Å². The third kappa shape index (κ3) is 4.47. The quantitative estimate of drug-likeness (QED) is 0.388. The standard InChI is InChI=1S/C28H19ClN2O2S/c1-2-16-33-23-14-8-19(9-15-23)17-26-27(32)31-25(21-10-12-22(29)13-11-21)18-24(30-28(31)34-26)20-6-4-3-5-7-20/h1,3-15,17-18,25H,16H2. The Labute approximate surface area is 205 Å². The summed E-state index contributed by atoms with van der Waals surface area (Å²) in [7, 11) is 0. The van der Waals surface area contributed by atoms with E-state index in [9.17, 15) is 4.79 Å². The molecule has 0 fully saturated rings. The Morgan fingerprint density at radius 2 is 1.79 bits per heavy atom. The number of fused-ring (bicyclic) bond motifs is 1. The van der Waals surface area contributed by atoms with Gasteiger partial charge in [-0.05, 0) is 53.1 Å². The SMILES string of the molecule is C#CCOc1ccc(C=c2sc3n(c2=O)C(c2ccc(Cl)cc2)C=C(c2ccccc2)N=3)cc1. The van der Waals surface area contributed by atoms with Crippen LogP contribution in [0.1, 0.15) is 22.7 Å². The van der Waals surface area contributed by atoms with Crippen LogP contribution in [0.15, 0.2) is 94.7 Å². The Morgan fingerprint density at radius 3 is 2.50 bits per heavy atom. The van der Waals surface area contributed by atoms with Crippen molar-refractivity contribution in [3.05, 3.63) is 126 Å². The zero-order valence-electron chi connectivity index (χ0n) is 18.0. The number of benzene rings is 3. The predicted molar refractivity (Wildman–Crippen MR) is 138 cm³/mol. The molecule has 1 aliphatic heterocycles. The molecule has 0 saturated heterocycles. The summed E-state index contributed by atoms with van der Waals surface area (Å²) in [6.45, 7) is 0.215. The van der Waals surface area contributed by atoms with Gasteiger partial charge in [0.15, 0.2) is 4.80 Å². The van der Waals surface area contributed by atoms with Gasteiger partial charge in [0.1, 0.15) is 12.4 Å². The highest BCUT2D eigenvalue weighted by molar-refractivity contribution is 7.07. The van der Waals surface area contributed by atoms with Crippen LogP contribution in [0, 0.1) is 12.3 Å². The van der Waals surface area contributed by atoms with Crippen LogP contribution in [-0.2, 0) is 0 Å². The highest BCUT2D eigenvalue weighted by atomic mass is 35.5. The van der Waals surface area contributed by atoms with E-state index in [4.69, 9.17) is 27.8 Å². The maximum absolute atomic E-state index is 13.5. The van der Waals surface area contributed by atoms with E-state index in [0.717, 1.165) is 22.4 Å². The minimum atomic E-state index is -0.287. The van der Waals surface area contributed by atoms with Gasteiger partial charge >= 0.3 is 0 Å². The van der Waals surface area contributed by atoms with E-state index < -0.39 is 0 Å². The highest BCUT2D eigenvalue weighted by Crippen LogP contribution is 2.27. The number of halogens is 1. The molecule has 0 spiro atoms. The van der Waals surface area contributed by atoms with Gasteiger partial charge in [-0.3, -0.25) is 9.36 Å². The first kappa shape index (κ1) is 22.0. The third-order valence-corrected chi connectivity index (χ3v) is 6.66. The number of ether oxygens (including phenoxy) is 1. The summed E-state index contributed by atoms with van der Waals surface area (Å²) in [5.74, 6) is 3.13. The second-order valence-corrected chi connectivity index (χ2v) is 9.10. The second-order valence-electron chi connectivity index (χ2n) is 7.66. The minimum Gasteiger partial charge on any atom is -0.481 e. The zero-order valence-corrected chi connectivity index (χ0v) is 19.6.